The fourth-order valence-electron chi connectivity index (χ4n) is 5.93. The van der Waals surface area contributed by atoms with Gasteiger partial charge in [0.15, 0.2) is 5.50 Å². The third kappa shape index (κ3) is 3.22. The highest BCUT2D eigenvalue weighted by molar-refractivity contribution is 8.00. The number of rotatable bonds is 6. The third-order valence-corrected chi connectivity index (χ3v) is 8.90. The minimum absolute atomic E-state index is 0.0299. The first-order valence-electron chi connectivity index (χ1n) is 9.59. The summed E-state index contributed by atoms with van der Waals surface area (Å²) in [6.45, 7) is 8.53. The summed E-state index contributed by atoms with van der Waals surface area (Å²) in [4.78, 5) is 11.6. The van der Waals surface area contributed by atoms with E-state index in [2.05, 4.69) is 24.1 Å². The van der Waals surface area contributed by atoms with E-state index >= 15 is 0 Å². The second-order valence-corrected chi connectivity index (χ2v) is 10.1. The van der Waals surface area contributed by atoms with Crippen LogP contribution in [0.15, 0.2) is 12.7 Å². The van der Waals surface area contributed by atoms with Crippen molar-refractivity contribution in [2.45, 2.75) is 62.4 Å². The number of carboxylic acid groups (broad SMARTS) is 1. The van der Waals surface area contributed by atoms with E-state index in [9.17, 15) is 20.1 Å². The van der Waals surface area contributed by atoms with Crippen molar-refractivity contribution in [2.24, 2.45) is 22.7 Å². The highest BCUT2D eigenvalue weighted by Gasteiger charge is 2.64. The molecule has 3 aliphatic rings. The molecule has 7 heteroatoms. The Balaban J connectivity index is 1.93. The number of carboxylic acids is 1. The predicted molar refractivity (Wildman–Crippen MR) is 98.8 cm³/mol. The van der Waals surface area contributed by atoms with Gasteiger partial charge in [-0.25, -0.2) is 0 Å². The maximum absolute atomic E-state index is 11.6. The number of carbonyl (C=O) groups is 1. The van der Waals surface area contributed by atoms with Crippen molar-refractivity contribution in [2.75, 3.05) is 13.2 Å². The van der Waals surface area contributed by atoms with Crippen LogP contribution in [0.1, 0.15) is 39.5 Å². The lowest BCUT2D eigenvalue weighted by molar-refractivity contribution is -0.708. The SMILES string of the molecule is C=CCNC1[NH2+]C2C(C[C@@H]3[C@](C)(CO)[C@H](O)CC[C@@]3(C)[C@@H]2CC(=O)[O-])S1. The van der Waals surface area contributed by atoms with Gasteiger partial charge in [0.25, 0.3) is 0 Å². The summed E-state index contributed by atoms with van der Waals surface area (Å²) in [6, 6.07) is 0.208. The number of thioether (sulfide) groups is 1. The quantitative estimate of drug-likeness (QED) is 0.439. The number of hydrogen-bond donors (Lipinski definition) is 4. The van der Waals surface area contributed by atoms with Crippen molar-refractivity contribution in [3.63, 3.8) is 0 Å². The van der Waals surface area contributed by atoms with Gasteiger partial charge in [0.2, 0.25) is 0 Å². The standard InChI is InChI=1S/C19H32N2O4S/c1-4-7-20-17-21-16-11(8-15(24)25)18(2)6-5-14(23)19(3,10-22)13(18)9-12(16)26-17/h4,11-14,16-17,20-23H,1,5-10H2,2-3H3,(H,24,25)/t11-,12?,13+,14-,16?,17?,18+,19+/m1/s1. The highest BCUT2D eigenvalue weighted by Crippen LogP contribution is 2.62. The van der Waals surface area contributed by atoms with Gasteiger partial charge in [-0.1, -0.05) is 31.7 Å². The smallest absolute Gasteiger partial charge is 0.189 e. The van der Waals surface area contributed by atoms with Crippen molar-refractivity contribution in [3.05, 3.63) is 12.7 Å². The molecule has 2 aliphatic carbocycles. The molecular weight excluding hydrogens is 352 g/mol. The average molecular weight is 385 g/mol. The normalized spacial score (nSPS) is 47.8. The van der Waals surface area contributed by atoms with Gasteiger partial charge in [-0.05, 0) is 37.0 Å². The Morgan fingerprint density at radius 1 is 1.50 bits per heavy atom. The Bertz CT molecular complexity index is 562. The second-order valence-electron chi connectivity index (χ2n) is 8.76. The van der Waals surface area contributed by atoms with Crippen molar-refractivity contribution in [1.82, 2.24) is 5.32 Å². The summed E-state index contributed by atoms with van der Waals surface area (Å²) >= 11 is 1.84. The van der Waals surface area contributed by atoms with Crippen LogP contribution >= 0.6 is 11.8 Å². The second kappa shape index (κ2) is 7.43. The lowest BCUT2D eigenvalue weighted by Gasteiger charge is -2.60. The molecule has 8 atom stereocenters. The maximum Gasteiger partial charge on any atom is 0.189 e. The molecule has 5 N–H and O–H groups in total. The fraction of sp³-hybridized carbons (Fsp3) is 0.842. The number of nitrogens with two attached hydrogens (primary N) is 1. The van der Waals surface area contributed by atoms with Crippen LogP contribution in [0, 0.1) is 22.7 Å². The number of aliphatic hydroxyl groups is 2. The fourth-order valence-corrected chi connectivity index (χ4v) is 7.53. The summed E-state index contributed by atoms with van der Waals surface area (Å²) in [6.07, 6.45) is 3.61. The molecule has 26 heavy (non-hydrogen) atoms. The molecule has 0 aromatic rings. The lowest BCUT2D eigenvalue weighted by Crippen LogP contribution is -2.97. The van der Waals surface area contributed by atoms with Gasteiger partial charge in [-0.15, -0.1) is 6.58 Å². The number of carbonyl (C=O) groups excluding carboxylic acids is 1. The van der Waals surface area contributed by atoms with Crippen LogP contribution < -0.4 is 15.7 Å². The third-order valence-electron chi connectivity index (χ3n) is 7.43. The average Bonchev–Trinajstić information content (AvgIpc) is 3.01. The molecule has 0 spiro atoms. The Morgan fingerprint density at radius 2 is 2.23 bits per heavy atom. The summed E-state index contributed by atoms with van der Waals surface area (Å²) in [5.74, 6) is -0.945. The molecule has 1 heterocycles. The van der Waals surface area contributed by atoms with E-state index in [-0.39, 0.29) is 41.8 Å². The topological polar surface area (TPSA) is 109 Å². The van der Waals surface area contributed by atoms with Crippen LogP contribution in [0.4, 0.5) is 0 Å². The van der Waals surface area contributed by atoms with Gasteiger partial charge in [-0.2, -0.15) is 0 Å². The molecule has 0 aromatic carbocycles. The largest absolute Gasteiger partial charge is 0.550 e. The molecule has 0 bridgehead atoms. The molecule has 1 saturated heterocycles. The zero-order valence-corrected chi connectivity index (χ0v) is 16.5. The Labute approximate surface area is 159 Å². The molecular formula is C19H32N2O4S. The molecule has 0 amide bonds. The van der Waals surface area contributed by atoms with Crippen LogP contribution in [-0.4, -0.2) is 52.2 Å². The number of aliphatic hydroxyl groups excluding tert-OH is 2. The molecule has 1 aliphatic heterocycles. The van der Waals surface area contributed by atoms with Crippen LogP contribution in [0.2, 0.25) is 0 Å². The first-order chi connectivity index (χ1) is 12.3. The molecule has 0 radical (unpaired) electrons. The Morgan fingerprint density at radius 3 is 2.85 bits per heavy atom. The molecule has 3 fully saturated rings. The van der Waals surface area contributed by atoms with Crippen LogP contribution in [0.3, 0.4) is 0 Å². The summed E-state index contributed by atoms with van der Waals surface area (Å²) in [5, 5.41) is 38.3. The van der Waals surface area contributed by atoms with Gasteiger partial charge < -0.3 is 25.4 Å². The first kappa shape index (κ1) is 20.1. The zero-order valence-electron chi connectivity index (χ0n) is 15.7. The molecule has 3 unspecified atom stereocenters. The minimum Gasteiger partial charge on any atom is -0.550 e. The van der Waals surface area contributed by atoms with Gasteiger partial charge in [0, 0.05) is 23.8 Å². The summed E-state index contributed by atoms with van der Waals surface area (Å²) in [7, 11) is 0. The predicted octanol–water partition coefficient (Wildman–Crippen LogP) is -0.971. The number of nitrogens with one attached hydrogen (secondary N) is 1. The molecule has 148 valence electrons. The minimum atomic E-state index is -1.01. The van der Waals surface area contributed by atoms with Crippen molar-refractivity contribution < 1.29 is 25.4 Å². The van der Waals surface area contributed by atoms with Gasteiger partial charge in [0.05, 0.1) is 18.0 Å². The van der Waals surface area contributed by atoms with Crippen molar-refractivity contribution >= 4 is 17.7 Å². The lowest BCUT2D eigenvalue weighted by atomic mass is 9.46. The van der Waals surface area contributed by atoms with Crippen LogP contribution in [-0.2, 0) is 4.79 Å². The first-order valence-corrected chi connectivity index (χ1v) is 10.5. The van der Waals surface area contributed by atoms with Crippen LogP contribution in [0.25, 0.3) is 0 Å². The van der Waals surface area contributed by atoms with Gasteiger partial charge in [-0.3, -0.25) is 5.32 Å². The summed E-state index contributed by atoms with van der Waals surface area (Å²) < 4.78 is 0. The highest BCUT2D eigenvalue weighted by atomic mass is 32.2. The van der Waals surface area contributed by atoms with Gasteiger partial charge >= 0.3 is 0 Å². The molecule has 3 rings (SSSR count). The van der Waals surface area contributed by atoms with Crippen LogP contribution in [0.5, 0.6) is 0 Å². The maximum atomic E-state index is 11.6. The van der Waals surface area contributed by atoms with E-state index in [1.165, 1.54) is 0 Å². The monoisotopic (exact) mass is 384 g/mol. The van der Waals surface area contributed by atoms with Gasteiger partial charge in [0.1, 0.15) is 6.04 Å². The van der Waals surface area contributed by atoms with E-state index in [1.807, 2.05) is 24.8 Å². The van der Waals surface area contributed by atoms with E-state index < -0.39 is 17.5 Å². The molecule has 6 nitrogen and oxygen atoms in total. The van der Waals surface area contributed by atoms with Crippen molar-refractivity contribution in [3.8, 4) is 0 Å². The van der Waals surface area contributed by atoms with E-state index in [0.29, 0.717) is 18.2 Å². The number of hydrogen-bond acceptors (Lipinski definition) is 6. The zero-order chi connectivity index (χ0) is 19.1. The number of fused-ring (bicyclic) bond motifs is 2. The molecule has 0 aromatic heterocycles. The Kier molecular flexibility index (Phi) is 5.76. The summed E-state index contributed by atoms with van der Waals surface area (Å²) in [5.41, 5.74) is -0.626. The van der Waals surface area contributed by atoms with E-state index in [0.717, 1.165) is 12.8 Å². The van der Waals surface area contributed by atoms with E-state index in [4.69, 9.17) is 0 Å². The number of aliphatic carboxylic acids is 1. The van der Waals surface area contributed by atoms with Crippen molar-refractivity contribution in [1.29, 1.82) is 0 Å². The Hall–Kier alpha value is -0.600. The number of quaternary nitrogens is 1. The molecule has 2 saturated carbocycles. The van der Waals surface area contributed by atoms with E-state index in [1.54, 1.807) is 0 Å².